The summed E-state index contributed by atoms with van der Waals surface area (Å²) in [6.45, 7) is 5.96. The first-order valence-electron chi connectivity index (χ1n) is 5.31. The summed E-state index contributed by atoms with van der Waals surface area (Å²) in [5, 5.41) is 12.1. The Morgan fingerprint density at radius 2 is 2.12 bits per heavy atom. The molecule has 0 unspecified atom stereocenters. The van der Waals surface area contributed by atoms with Crippen LogP contribution in [0.4, 0.5) is 0 Å². The fraction of sp³-hybridized carbons (Fsp3) is 0.385. The number of nitrogens with zero attached hydrogens (tertiary/aromatic N) is 1. The van der Waals surface area contributed by atoms with Gasteiger partial charge in [0, 0.05) is 12.0 Å². The second-order valence-corrected chi connectivity index (χ2v) is 5.27. The minimum Gasteiger partial charge on any atom is -0.352 e. The number of rotatable bonds is 2. The third-order valence-electron chi connectivity index (χ3n) is 2.29. The molecular formula is C13H15ClN2O. The predicted molar refractivity (Wildman–Crippen MR) is 67.5 cm³/mol. The molecule has 0 saturated carbocycles. The van der Waals surface area contributed by atoms with Crippen molar-refractivity contribution < 1.29 is 4.79 Å². The van der Waals surface area contributed by atoms with Crippen molar-refractivity contribution in [2.75, 3.05) is 0 Å². The van der Waals surface area contributed by atoms with Gasteiger partial charge in [-0.1, -0.05) is 38.4 Å². The highest BCUT2D eigenvalue weighted by molar-refractivity contribution is 6.31. The molecular weight excluding hydrogens is 236 g/mol. The number of hydrogen-bond donors (Lipinski definition) is 1. The van der Waals surface area contributed by atoms with Crippen molar-refractivity contribution in [3.63, 3.8) is 0 Å². The Kier molecular flexibility index (Phi) is 4.14. The van der Waals surface area contributed by atoms with Gasteiger partial charge in [0.15, 0.2) is 0 Å². The summed E-state index contributed by atoms with van der Waals surface area (Å²) in [5.41, 5.74) is 0.877. The van der Waals surface area contributed by atoms with E-state index in [9.17, 15) is 4.79 Å². The molecule has 0 aromatic heterocycles. The van der Waals surface area contributed by atoms with E-state index >= 15 is 0 Å². The number of nitriles is 1. The van der Waals surface area contributed by atoms with E-state index in [1.807, 2.05) is 26.8 Å². The molecule has 1 amide bonds. The first kappa shape index (κ1) is 13.5. The molecule has 1 N–H and O–H groups in total. The van der Waals surface area contributed by atoms with Crippen LogP contribution in [0, 0.1) is 16.7 Å². The van der Waals surface area contributed by atoms with Gasteiger partial charge in [0.05, 0.1) is 10.6 Å². The smallest absolute Gasteiger partial charge is 0.225 e. The van der Waals surface area contributed by atoms with Crippen molar-refractivity contribution in [3.8, 4) is 6.07 Å². The molecule has 0 radical (unpaired) electrons. The van der Waals surface area contributed by atoms with Crippen LogP contribution in [0.3, 0.4) is 0 Å². The van der Waals surface area contributed by atoms with E-state index in [4.69, 9.17) is 16.9 Å². The van der Waals surface area contributed by atoms with Crippen LogP contribution in [0.5, 0.6) is 0 Å². The normalized spacial score (nSPS) is 10.8. The highest BCUT2D eigenvalue weighted by Gasteiger charge is 2.20. The van der Waals surface area contributed by atoms with E-state index in [0.717, 1.165) is 5.56 Å². The van der Waals surface area contributed by atoms with Crippen molar-refractivity contribution in [2.24, 2.45) is 5.41 Å². The summed E-state index contributed by atoms with van der Waals surface area (Å²) < 4.78 is 0. The van der Waals surface area contributed by atoms with Crippen LogP contribution in [0.1, 0.15) is 31.9 Å². The molecule has 1 rings (SSSR count). The topological polar surface area (TPSA) is 52.9 Å². The van der Waals surface area contributed by atoms with Gasteiger partial charge in [-0.25, -0.2) is 0 Å². The van der Waals surface area contributed by atoms with Gasteiger partial charge in [0.25, 0.3) is 0 Å². The molecule has 0 bridgehead atoms. The summed E-state index contributed by atoms with van der Waals surface area (Å²) in [4.78, 5) is 11.7. The first-order chi connectivity index (χ1) is 7.84. The van der Waals surface area contributed by atoms with Crippen molar-refractivity contribution in [3.05, 3.63) is 34.3 Å². The largest absolute Gasteiger partial charge is 0.352 e. The second kappa shape index (κ2) is 5.20. The number of nitrogens with one attached hydrogen (secondary N) is 1. The Bertz CT molecular complexity index is 469. The van der Waals surface area contributed by atoms with Crippen LogP contribution in [0.25, 0.3) is 0 Å². The first-order valence-corrected chi connectivity index (χ1v) is 5.69. The summed E-state index contributed by atoms with van der Waals surface area (Å²) in [6.07, 6.45) is 0. The molecule has 0 atom stereocenters. The number of carbonyl (C=O) groups is 1. The maximum absolute atomic E-state index is 11.7. The van der Waals surface area contributed by atoms with E-state index < -0.39 is 5.41 Å². The van der Waals surface area contributed by atoms with Crippen LogP contribution >= 0.6 is 11.6 Å². The number of amides is 1. The van der Waals surface area contributed by atoms with E-state index in [0.29, 0.717) is 17.1 Å². The van der Waals surface area contributed by atoms with Crippen molar-refractivity contribution in [2.45, 2.75) is 27.3 Å². The molecule has 3 nitrogen and oxygen atoms in total. The van der Waals surface area contributed by atoms with Crippen LogP contribution in [0.2, 0.25) is 5.02 Å². The molecule has 0 heterocycles. The zero-order valence-corrected chi connectivity index (χ0v) is 10.9. The third kappa shape index (κ3) is 3.76. The highest BCUT2D eigenvalue weighted by atomic mass is 35.5. The number of benzene rings is 1. The maximum atomic E-state index is 11.7. The van der Waals surface area contributed by atoms with Crippen LogP contribution in [-0.2, 0) is 11.3 Å². The molecule has 0 saturated heterocycles. The van der Waals surface area contributed by atoms with Gasteiger partial charge in [-0.15, -0.1) is 0 Å². The second-order valence-electron chi connectivity index (χ2n) is 4.86. The molecule has 90 valence electrons. The number of halogens is 1. The van der Waals surface area contributed by atoms with Gasteiger partial charge in [0.2, 0.25) is 5.91 Å². The van der Waals surface area contributed by atoms with Gasteiger partial charge in [-0.2, -0.15) is 5.26 Å². The highest BCUT2D eigenvalue weighted by Crippen LogP contribution is 2.17. The quantitative estimate of drug-likeness (QED) is 0.878. The molecule has 1 aromatic carbocycles. The van der Waals surface area contributed by atoms with Gasteiger partial charge < -0.3 is 5.32 Å². The van der Waals surface area contributed by atoms with Gasteiger partial charge >= 0.3 is 0 Å². The standard InChI is InChI=1S/C13H15ClN2O/c1-13(2,3)12(17)16-8-9-4-5-11(14)10(6-9)7-15/h4-6H,8H2,1-3H3,(H,16,17). The van der Waals surface area contributed by atoms with Gasteiger partial charge in [0.1, 0.15) is 6.07 Å². The maximum Gasteiger partial charge on any atom is 0.225 e. The predicted octanol–water partition coefficient (Wildman–Crippen LogP) is 2.87. The number of hydrogen-bond acceptors (Lipinski definition) is 2. The lowest BCUT2D eigenvalue weighted by Crippen LogP contribution is -2.34. The summed E-state index contributed by atoms with van der Waals surface area (Å²) in [6, 6.07) is 7.16. The zero-order valence-electron chi connectivity index (χ0n) is 10.2. The molecule has 4 heteroatoms. The molecule has 0 spiro atoms. The third-order valence-corrected chi connectivity index (χ3v) is 2.62. The Labute approximate surface area is 106 Å². The van der Waals surface area contributed by atoms with Crippen LogP contribution in [0.15, 0.2) is 18.2 Å². The van der Waals surface area contributed by atoms with Crippen molar-refractivity contribution in [1.29, 1.82) is 5.26 Å². The average Bonchev–Trinajstić information content (AvgIpc) is 2.26. The average molecular weight is 251 g/mol. The minimum atomic E-state index is -0.412. The van der Waals surface area contributed by atoms with E-state index in [1.165, 1.54) is 0 Å². The van der Waals surface area contributed by atoms with Crippen LogP contribution < -0.4 is 5.32 Å². The Hall–Kier alpha value is -1.53. The lowest BCUT2D eigenvalue weighted by molar-refractivity contribution is -0.128. The minimum absolute atomic E-state index is 0.0223. The number of carbonyl (C=O) groups excluding carboxylic acids is 1. The zero-order chi connectivity index (χ0) is 13.1. The van der Waals surface area contributed by atoms with Crippen molar-refractivity contribution in [1.82, 2.24) is 5.32 Å². The molecule has 0 fully saturated rings. The Balaban J connectivity index is 2.72. The Morgan fingerprint density at radius 1 is 1.47 bits per heavy atom. The fourth-order valence-corrected chi connectivity index (χ4v) is 1.38. The van der Waals surface area contributed by atoms with E-state index in [1.54, 1.807) is 18.2 Å². The summed E-state index contributed by atoms with van der Waals surface area (Å²) >= 11 is 5.82. The lowest BCUT2D eigenvalue weighted by Gasteiger charge is -2.17. The fourth-order valence-electron chi connectivity index (χ4n) is 1.22. The molecule has 0 aliphatic carbocycles. The summed E-state index contributed by atoms with van der Waals surface area (Å²) in [5.74, 6) is -0.0223. The van der Waals surface area contributed by atoms with Crippen molar-refractivity contribution >= 4 is 17.5 Å². The van der Waals surface area contributed by atoms with E-state index in [-0.39, 0.29) is 5.91 Å². The van der Waals surface area contributed by atoms with Gasteiger partial charge in [-0.3, -0.25) is 4.79 Å². The monoisotopic (exact) mass is 250 g/mol. The molecule has 0 aliphatic rings. The van der Waals surface area contributed by atoms with E-state index in [2.05, 4.69) is 5.32 Å². The Morgan fingerprint density at radius 3 is 2.65 bits per heavy atom. The molecule has 1 aromatic rings. The molecule has 17 heavy (non-hydrogen) atoms. The molecule has 0 aliphatic heterocycles. The van der Waals surface area contributed by atoms with Gasteiger partial charge in [-0.05, 0) is 17.7 Å². The summed E-state index contributed by atoms with van der Waals surface area (Å²) in [7, 11) is 0. The lowest BCUT2D eigenvalue weighted by atomic mass is 9.95. The van der Waals surface area contributed by atoms with Crippen LogP contribution in [-0.4, -0.2) is 5.91 Å². The SMILES string of the molecule is CC(C)(C)C(=O)NCc1ccc(Cl)c(C#N)c1.